The van der Waals surface area contributed by atoms with Gasteiger partial charge in [-0.2, -0.15) is 0 Å². The van der Waals surface area contributed by atoms with Gasteiger partial charge in [0.15, 0.2) is 0 Å². The molecule has 1 heterocycles. The Morgan fingerprint density at radius 3 is 2.79 bits per heavy atom. The molecule has 0 aliphatic rings. The molecule has 5 nitrogen and oxygen atoms in total. The molecule has 2 rings (SSSR count). The van der Waals surface area contributed by atoms with Gasteiger partial charge in [0, 0.05) is 5.02 Å². The number of halogens is 1. The second kappa shape index (κ2) is 6.54. The number of aliphatic hydroxyl groups excluding tert-OH is 1. The summed E-state index contributed by atoms with van der Waals surface area (Å²) in [6.45, 7) is 2.95. The van der Waals surface area contributed by atoms with E-state index in [4.69, 9.17) is 16.3 Å². The zero-order valence-corrected chi connectivity index (χ0v) is 11.4. The molecule has 1 N–H and O–H groups in total. The van der Waals surface area contributed by atoms with Gasteiger partial charge in [0.25, 0.3) is 0 Å². The fourth-order valence-corrected chi connectivity index (χ4v) is 1.70. The standard InChI is InChI=1S/C13H16ClN3O2/c1-2-13(18)12-9-17(16-15-12)7-8-19-11-5-3-10(14)4-6-11/h3-6,9,13,18H,2,7-8H2,1H3. The van der Waals surface area contributed by atoms with Crippen molar-refractivity contribution >= 4 is 11.6 Å². The van der Waals surface area contributed by atoms with Gasteiger partial charge in [0.2, 0.25) is 0 Å². The first-order valence-corrected chi connectivity index (χ1v) is 6.53. The van der Waals surface area contributed by atoms with Crippen LogP contribution in [0.15, 0.2) is 30.5 Å². The molecule has 1 aromatic heterocycles. The van der Waals surface area contributed by atoms with E-state index in [-0.39, 0.29) is 0 Å². The minimum Gasteiger partial charge on any atom is -0.492 e. The van der Waals surface area contributed by atoms with Crippen LogP contribution < -0.4 is 4.74 Å². The van der Waals surface area contributed by atoms with Crippen LogP contribution in [0.2, 0.25) is 5.02 Å². The zero-order chi connectivity index (χ0) is 13.7. The molecule has 1 aromatic carbocycles. The minimum absolute atomic E-state index is 0.479. The minimum atomic E-state index is -0.550. The highest BCUT2D eigenvalue weighted by atomic mass is 35.5. The summed E-state index contributed by atoms with van der Waals surface area (Å²) in [6, 6.07) is 7.19. The van der Waals surface area contributed by atoms with E-state index in [0.717, 1.165) is 5.75 Å². The molecule has 2 aromatic rings. The Kier molecular flexibility index (Phi) is 4.76. The van der Waals surface area contributed by atoms with Gasteiger partial charge in [-0.25, -0.2) is 4.68 Å². The van der Waals surface area contributed by atoms with Gasteiger partial charge in [-0.3, -0.25) is 0 Å². The maximum atomic E-state index is 9.61. The summed E-state index contributed by atoms with van der Waals surface area (Å²) in [6.07, 6.45) is 1.81. The second-order valence-corrected chi connectivity index (χ2v) is 4.57. The molecule has 0 aliphatic carbocycles. The van der Waals surface area contributed by atoms with Crippen molar-refractivity contribution in [1.82, 2.24) is 15.0 Å². The maximum absolute atomic E-state index is 9.61. The Labute approximate surface area is 116 Å². The average molecular weight is 282 g/mol. The van der Waals surface area contributed by atoms with E-state index in [1.165, 1.54) is 0 Å². The van der Waals surface area contributed by atoms with Crippen LogP contribution in [0.3, 0.4) is 0 Å². The van der Waals surface area contributed by atoms with Gasteiger partial charge in [0.1, 0.15) is 18.1 Å². The van der Waals surface area contributed by atoms with Crippen LogP contribution in [0.25, 0.3) is 0 Å². The van der Waals surface area contributed by atoms with E-state index in [2.05, 4.69) is 10.3 Å². The zero-order valence-electron chi connectivity index (χ0n) is 10.7. The van der Waals surface area contributed by atoms with Crippen LogP contribution in [0.5, 0.6) is 5.75 Å². The molecular formula is C13H16ClN3O2. The fourth-order valence-electron chi connectivity index (χ4n) is 1.57. The Balaban J connectivity index is 1.82. The first-order valence-electron chi connectivity index (χ1n) is 6.15. The van der Waals surface area contributed by atoms with Crippen molar-refractivity contribution in [3.63, 3.8) is 0 Å². The Bertz CT molecular complexity index is 513. The van der Waals surface area contributed by atoms with E-state index in [0.29, 0.717) is 30.3 Å². The van der Waals surface area contributed by atoms with Crippen molar-refractivity contribution in [3.8, 4) is 5.75 Å². The molecule has 0 aliphatic heterocycles. The molecule has 0 bridgehead atoms. The number of rotatable bonds is 6. The van der Waals surface area contributed by atoms with Crippen molar-refractivity contribution in [2.24, 2.45) is 0 Å². The fraction of sp³-hybridized carbons (Fsp3) is 0.385. The predicted octanol–water partition coefficient (Wildman–Crippen LogP) is 2.45. The van der Waals surface area contributed by atoms with Gasteiger partial charge in [-0.1, -0.05) is 23.7 Å². The lowest BCUT2D eigenvalue weighted by molar-refractivity contribution is 0.168. The third-order valence-electron chi connectivity index (χ3n) is 2.69. The first kappa shape index (κ1) is 13.8. The molecule has 0 fully saturated rings. The van der Waals surface area contributed by atoms with Crippen LogP contribution in [-0.4, -0.2) is 26.7 Å². The lowest BCUT2D eigenvalue weighted by Gasteiger charge is -2.05. The Hall–Kier alpha value is -1.59. The number of ether oxygens (including phenoxy) is 1. The van der Waals surface area contributed by atoms with Crippen molar-refractivity contribution in [3.05, 3.63) is 41.2 Å². The smallest absolute Gasteiger partial charge is 0.119 e. The molecule has 102 valence electrons. The summed E-state index contributed by atoms with van der Waals surface area (Å²) in [5.74, 6) is 0.762. The third-order valence-corrected chi connectivity index (χ3v) is 2.94. The summed E-state index contributed by atoms with van der Waals surface area (Å²) in [5, 5.41) is 18.1. The monoisotopic (exact) mass is 281 g/mol. The first-order chi connectivity index (χ1) is 9.19. The summed E-state index contributed by atoms with van der Waals surface area (Å²) >= 11 is 5.79. The highest BCUT2D eigenvalue weighted by molar-refractivity contribution is 6.30. The normalized spacial score (nSPS) is 12.4. The van der Waals surface area contributed by atoms with Crippen LogP contribution >= 0.6 is 11.6 Å². The van der Waals surface area contributed by atoms with Crippen molar-refractivity contribution in [2.45, 2.75) is 26.0 Å². The van der Waals surface area contributed by atoms with E-state index in [1.54, 1.807) is 23.0 Å². The maximum Gasteiger partial charge on any atom is 0.119 e. The quantitative estimate of drug-likeness (QED) is 0.883. The molecule has 0 spiro atoms. The van der Waals surface area contributed by atoms with Crippen LogP contribution in [0, 0.1) is 0 Å². The summed E-state index contributed by atoms with van der Waals surface area (Å²) in [7, 11) is 0. The van der Waals surface area contributed by atoms with E-state index < -0.39 is 6.10 Å². The number of aromatic nitrogens is 3. The van der Waals surface area contributed by atoms with Crippen LogP contribution in [0.1, 0.15) is 25.1 Å². The Morgan fingerprint density at radius 1 is 1.37 bits per heavy atom. The number of hydrogen-bond donors (Lipinski definition) is 1. The number of benzene rings is 1. The number of nitrogens with zero attached hydrogens (tertiary/aromatic N) is 3. The molecule has 0 saturated carbocycles. The molecule has 19 heavy (non-hydrogen) atoms. The van der Waals surface area contributed by atoms with Gasteiger partial charge in [0.05, 0.1) is 18.8 Å². The lowest BCUT2D eigenvalue weighted by atomic mass is 10.2. The largest absolute Gasteiger partial charge is 0.492 e. The number of hydrogen-bond acceptors (Lipinski definition) is 4. The summed E-state index contributed by atoms with van der Waals surface area (Å²) < 4.78 is 7.21. The van der Waals surface area contributed by atoms with Gasteiger partial charge in [-0.15, -0.1) is 5.10 Å². The average Bonchev–Trinajstić information content (AvgIpc) is 2.89. The molecule has 6 heteroatoms. The van der Waals surface area contributed by atoms with Gasteiger partial charge in [-0.05, 0) is 30.7 Å². The SMILES string of the molecule is CCC(O)c1cn(CCOc2ccc(Cl)cc2)nn1. The van der Waals surface area contributed by atoms with E-state index >= 15 is 0 Å². The molecule has 1 unspecified atom stereocenters. The topological polar surface area (TPSA) is 60.2 Å². The summed E-state index contributed by atoms with van der Waals surface area (Å²) in [4.78, 5) is 0. The van der Waals surface area contributed by atoms with E-state index in [1.807, 2.05) is 19.1 Å². The predicted molar refractivity (Wildman–Crippen MR) is 72.2 cm³/mol. The van der Waals surface area contributed by atoms with Gasteiger partial charge >= 0.3 is 0 Å². The lowest BCUT2D eigenvalue weighted by Crippen LogP contribution is -2.08. The molecular weight excluding hydrogens is 266 g/mol. The molecule has 1 atom stereocenters. The highest BCUT2D eigenvalue weighted by Gasteiger charge is 2.09. The second-order valence-electron chi connectivity index (χ2n) is 4.13. The van der Waals surface area contributed by atoms with E-state index in [9.17, 15) is 5.11 Å². The Morgan fingerprint density at radius 2 is 2.11 bits per heavy atom. The van der Waals surface area contributed by atoms with Crippen molar-refractivity contribution in [1.29, 1.82) is 0 Å². The van der Waals surface area contributed by atoms with Crippen molar-refractivity contribution < 1.29 is 9.84 Å². The molecule has 0 saturated heterocycles. The molecule has 0 amide bonds. The number of aliphatic hydroxyl groups is 1. The highest BCUT2D eigenvalue weighted by Crippen LogP contribution is 2.15. The van der Waals surface area contributed by atoms with Crippen molar-refractivity contribution in [2.75, 3.05) is 6.61 Å². The van der Waals surface area contributed by atoms with Crippen LogP contribution in [0.4, 0.5) is 0 Å². The molecule has 0 radical (unpaired) electrons. The summed E-state index contributed by atoms with van der Waals surface area (Å²) in [5.41, 5.74) is 0.592. The van der Waals surface area contributed by atoms with Gasteiger partial charge < -0.3 is 9.84 Å². The third kappa shape index (κ3) is 3.94. The van der Waals surface area contributed by atoms with Crippen LogP contribution in [-0.2, 0) is 6.54 Å².